The van der Waals surface area contributed by atoms with Crippen molar-refractivity contribution in [1.29, 1.82) is 0 Å². The zero-order chi connectivity index (χ0) is 25.9. The summed E-state index contributed by atoms with van der Waals surface area (Å²) in [6.07, 6.45) is -0.740. The van der Waals surface area contributed by atoms with Gasteiger partial charge in [-0.05, 0) is 55.3 Å². The van der Waals surface area contributed by atoms with Crippen LogP contribution in [-0.2, 0) is 27.5 Å². The molecule has 1 aliphatic heterocycles. The van der Waals surface area contributed by atoms with Crippen LogP contribution in [0.1, 0.15) is 30.7 Å². The van der Waals surface area contributed by atoms with Crippen molar-refractivity contribution in [3.63, 3.8) is 0 Å². The van der Waals surface area contributed by atoms with Crippen LogP contribution in [0, 0.1) is 5.82 Å². The van der Waals surface area contributed by atoms with Crippen molar-refractivity contribution in [1.82, 2.24) is 24.6 Å². The molecule has 1 atom stereocenters. The number of nitrogens with zero attached hydrogens (tertiary/aromatic N) is 4. The molecule has 0 aliphatic carbocycles. The van der Waals surface area contributed by atoms with Gasteiger partial charge in [-0.15, -0.1) is 0 Å². The molecule has 3 heterocycles. The quantitative estimate of drug-likeness (QED) is 0.496. The predicted molar refractivity (Wildman–Crippen MR) is 120 cm³/mol. The number of nitrogens with one attached hydrogen (secondary N) is 1. The molecule has 0 unspecified atom stereocenters. The van der Waals surface area contributed by atoms with E-state index < -0.39 is 39.7 Å². The second kappa shape index (κ2) is 10.3. The van der Waals surface area contributed by atoms with Crippen LogP contribution in [0.15, 0.2) is 59.9 Å². The van der Waals surface area contributed by atoms with Crippen molar-refractivity contribution < 1.29 is 30.8 Å². The number of aromatic nitrogens is 3. The van der Waals surface area contributed by atoms with Gasteiger partial charge in [-0.3, -0.25) is 9.78 Å². The van der Waals surface area contributed by atoms with Crippen molar-refractivity contribution in [2.45, 2.75) is 42.9 Å². The number of alkyl halides is 3. The number of amides is 1. The van der Waals surface area contributed by atoms with Gasteiger partial charge in [-0.25, -0.2) is 22.8 Å². The lowest BCUT2D eigenvalue weighted by molar-refractivity contribution is -0.141. The lowest BCUT2D eigenvalue weighted by Gasteiger charge is -2.33. The third kappa shape index (κ3) is 5.68. The Balaban J connectivity index is 1.46. The van der Waals surface area contributed by atoms with Crippen LogP contribution in [0.4, 0.5) is 17.6 Å². The van der Waals surface area contributed by atoms with Crippen LogP contribution in [0.5, 0.6) is 0 Å². The maximum atomic E-state index is 13.3. The lowest BCUT2D eigenvalue weighted by atomic mass is 10.0. The molecule has 1 aliphatic rings. The van der Waals surface area contributed by atoms with E-state index in [1.54, 1.807) is 0 Å². The van der Waals surface area contributed by atoms with Gasteiger partial charge in [0.1, 0.15) is 23.9 Å². The van der Waals surface area contributed by atoms with Gasteiger partial charge in [0.25, 0.3) is 0 Å². The van der Waals surface area contributed by atoms with Crippen LogP contribution < -0.4 is 5.32 Å². The van der Waals surface area contributed by atoms with E-state index in [1.165, 1.54) is 18.5 Å². The molecule has 0 bridgehead atoms. The summed E-state index contributed by atoms with van der Waals surface area (Å²) in [4.78, 5) is 24.4. The molecule has 0 radical (unpaired) electrons. The second-order valence-electron chi connectivity index (χ2n) is 8.12. The van der Waals surface area contributed by atoms with Crippen molar-refractivity contribution in [3.8, 4) is 11.3 Å². The highest BCUT2D eigenvalue weighted by Gasteiger charge is 2.37. The number of halogens is 4. The molecule has 4 rings (SSSR count). The Morgan fingerprint density at radius 3 is 2.47 bits per heavy atom. The number of sulfonamides is 1. The highest BCUT2D eigenvalue weighted by molar-refractivity contribution is 7.89. The summed E-state index contributed by atoms with van der Waals surface area (Å²) in [5.41, 5.74) is -0.00658. The zero-order valence-electron chi connectivity index (χ0n) is 18.7. The Morgan fingerprint density at radius 2 is 1.81 bits per heavy atom. The maximum Gasteiger partial charge on any atom is 0.433 e. The Hall–Kier alpha value is -3.45. The molecule has 0 saturated carbocycles. The molecule has 8 nitrogen and oxygen atoms in total. The predicted octanol–water partition coefficient (Wildman–Crippen LogP) is 3.56. The van der Waals surface area contributed by atoms with Crippen LogP contribution in [0.25, 0.3) is 11.3 Å². The van der Waals surface area contributed by atoms with Gasteiger partial charge in [-0.2, -0.15) is 17.5 Å². The molecular formula is C23H21F4N5O3S. The number of hydrogen-bond donors (Lipinski definition) is 1. The van der Waals surface area contributed by atoms with Gasteiger partial charge < -0.3 is 5.32 Å². The third-order valence-corrected chi connectivity index (χ3v) is 7.62. The number of piperidine rings is 1. The molecule has 190 valence electrons. The molecule has 1 aromatic carbocycles. The molecule has 1 N–H and O–H groups in total. The monoisotopic (exact) mass is 523 g/mol. The van der Waals surface area contributed by atoms with Gasteiger partial charge >= 0.3 is 6.18 Å². The van der Waals surface area contributed by atoms with Crippen LogP contribution >= 0.6 is 0 Å². The first kappa shape index (κ1) is 25.6. The molecular weight excluding hydrogens is 502 g/mol. The number of carbonyl (C=O) groups is 1. The van der Waals surface area contributed by atoms with Crippen molar-refractivity contribution in [3.05, 3.63) is 72.2 Å². The fraction of sp³-hybridized carbons (Fsp3) is 0.304. The van der Waals surface area contributed by atoms with E-state index in [0.29, 0.717) is 36.2 Å². The van der Waals surface area contributed by atoms with Crippen molar-refractivity contribution in [2.75, 3.05) is 6.54 Å². The third-order valence-electron chi connectivity index (χ3n) is 5.69. The average molecular weight is 524 g/mol. The van der Waals surface area contributed by atoms with Crippen molar-refractivity contribution >= 4 is 15.9 Å². The molecule has 3 aromatic rings. The van der Waals surface area contributed by atoms with Gasteiger partial charge in [-0.1, -0.05) is 6.42 Å². The minimum absolute atomic E-state index is 0.0522. The van der Waals surface area contributed by atoms with E-state index in [4.69, 9.17) is 0 Å². The molecule has 0 spiro atoms. The Bertz CT molecular complexity index is 1330. The van der Waals surface area contributed by atoms with Crippen molar-refractivity contribution in [2.24, 2.45) is 0 Å². The molecule has 2 aromatic heterocycles. The summed E-state index contributed by atoms with van der Waals surface area (Å²) >= 11 is 0. The highest BCUT2D eigenvalue weighted by atomic mass is 32.2. The first-order valence-electron chi connectivity index (χ1n) is 11.0. The van der Waals surface area contributed by atoms with Gasteiger partial charge in [0, 0.05) is 18.3 Å². The fourth-order valence-corrected chi connectivity index (χ4v) is 5.51. The standard InChI is InChI=1S/C23H21F4N5O3S/c24-16-5-7-18(8-6-16)36(34,35)32-10-2-1-3-20(32)22(33)29-13-17-11-19(31-14-30-17)15-4-9-21(28-12-15)23(25,26)27/h4-9,11-12,14,20H,1-3,10,13H2,(H,29,33)/t20-/m0/s1. The highest BCUT2D eigenvalue weighted by Crippen LogP contribution is 2.29. The van der Waals surface area contributed by atoms with Gasteiger partial charge in [0.2, 0.25) is 15.9 Å². The summed E-state index contributed by atoms with van der Waals surface area (Å²) in [6.45, 7) is 0.0969. The molecule has 36 heavy (non-hydrogen) atoms. The fourth-order valence-electron chi connectivity index (χ4n) is 3.86. The smallest absolute Gasteiger partial charge is 0.349 e. The largest absolute Gasteiger partial charge is 0.433 e. The number of benzene rings is 1. The number of carbonyl (C=O) groups excluding carboxylic acids is 1. The Morgan fingerprint density at radius 1 is 1.06 bits per heavy atom. The minimum atomic E-state index is -4.56. The molecule has 1 fully saturated rings. The summed E-state index contributed by atoms with van der Waals surface area (Å²) in [5, 5.41) is 2.68. The first-order chi connectivity index (χ1) is 17.1. The van der Waals surface area contributed by atoms with E-state index >= 15 is 0 Å². The minimum Gasteiger partial charge on any atom is -0.349 e. The number of rotatable bonds is 6. The molecule has 1 amide bonds. The summed E-state index contributed by atoms with van der Waals surface area (Å²) in [5.74, 6) is -1.09. The topological polar surface area (TPSA) is 105 Å². The van der Waals surface area contributed by atoms with Crippen LogP contribution in [0.3, 0.4) is 0 Å². The van der Waals surface area contributed by atoms with E-state index in [2.05, 4.69) is 20.3 Å². The Labute approximate surface area is 204 Å². The SMILES string of the molecule is O=C(NCc1cc(-c2ccc(C(F)(F)F)nc2)ncn1)[C@@H]1CCCCN1S(=O)(=O)c1ccc(F)cc1. The summed E-state index contributed by atoms with van der Waals surface area (Å²) in [7, 11) is -4.02. The number of pyridine rings is 1. The molecule has 1 saturated heterocycles. The average Bonchev–Trinajstić information content (AvgIpc) is 2.87. The summed E-state index contributed by atoms with van der Waals surface area (Å²) < 4.78 is 78.8. The van der Waals surface area contributed by atoms with Gasteiger partial charge in [0.15, 0.2) is 0 Å². The first-order valence-corrected chi connectivity index (χ1v) is 12.4. The van der Waals surface area contributed by atoms with E-state index in [1.807, 2.05) is 0 Å². The maximum absolute atomic E-state index is 13.3. The van der Waals surface area contributed by atoms with Crippen LogP contribution in [0.2, 0.25) is 0 Å². The zero-order valence-corrected chi connectivity index (χ0v) is 19.6. The van der Waals surface area contributed by atoms with E-state index in [0.717, 1.165) is 40.8 Å². The summed E-state index contributed by atoms with van der Waals surface area (Å²) in [6, 6.07) is 7.04. The number of hydrogen-bond acceptors (Lipinski definition) is 6. The van der Waals surface area contributed by atoms with E-state index in [9.17, 15) is 30.8 Å². The lowest BCUT2D eigenvalue weighted by Crippen LogP contribution is -2.51. The normalized spacial score (nSPS) is 17.1. The van der Waals surface area contributed by atoms with Gasteiger partial charge in [0.05, 0.1) is 22.8 Å². The second-order valence-corrected chi connectivity index (χ2v) is 10.0. The van der Waals surface area contributed by atoms with E-state index in [-0.39, 0.29) is 18.0 Å². The molecule has 13 heteroatoms. The van der Waals surface area contributed by atoms with Crippen LogP contribution in [-0.4, -0.2) is 46.2 Å². The Kier molecular flexibility index (Phi) is 7.31.